The number of nitrogens with zero attached hydrogens (tertiary/aromatic N) is 5. The van der Waals surface area contributed by atoms with E-state index in [0.717, 1.165) is 66.0 Å². The maximum Gasteiger partial charge on any atom is 0.225 e. The Hall–Kier alpha value is -2.54. The molecular weight excluding hydrogens is 592 g/mol. The first kappa shape index (κ1) is 29.0. The highest BCUT2D eigenvalue weighted by Gasteiger charge is 2.25. The number of morpholine rings is 1. The van der Waals surface area contributed by atoms with Gasteiger partial charge in [-0.2, -0.15) is 24.6 Å². The van der Waals surface area contributed by atoms with Gasteiger partial charge in [0, 0.05) is 44.2 Å². The van der Waals surface area contributed by atoms with Crippen molar-refractivity contribution in [3.8, 4) is 11.6 Å². The van der Waals surface area contributed by atoms with Crippen LogP contribution >= 0.6 is 15.9 Å². The standard InChI is InChI=1S/C28H39BrN6O4Si/c1-40(2,3)13-12-37-19-38-23-14-24-25(30-18-23)15-26(35-8-10-36-11-9-35)34-27(24)39-22-6-4-21(5-7-22)33-28-31-16-20(29)17-32-28/h14-18,21-22H,4-13,19H2,1-3H3,(H,31,32,33)/q-1. The van der Waals surface area contributed by atoms with E-state index in [2.05, 4.69) is 55.8 Å². The summed E-state index contributed by atoms with van der Waals surface area (Å²) >= 11 is 3.39. The number of rotatable bonds is 11. The predicted octanol–water partition coefficient (Wildman–Crippen LogP) is 5.51. The van der Waals surface area contributed by atoms with Crippen LogP contribution in [0.1, 0.15) is 25.7 Å². The minimum Gasteiger partial charge on any atom is -0.474 e. The Morgan fingerprint density at radius 1 is 1.02 bits per heavy atom. The molecule has 1 aliphatic heterocycles. The normalized spacial score (nSPS) is 19.9. The van der Waals surface area contributed by atoms with E-state index < -0.39 is 8.07 Å². The summed E-state index contributed by atoms with van der Waals surface area (Å²) in [5.41, 5.74) is 0.834. The summed E-state index contributed by atoms with van der Waals surface area (Å²) in [6.07, 6.45) is 9.08. The van der Waals surface area contributed by atoms with E-state index in [1.807, 2.05) is 12.1 Å². The molecule has 2 fully saturated rings. The van der Waals surface area contributed by atoms with Gasteiger partial charge in [0.25, 0.3) is 0 Å². The molecule has 12 heteroatoms. The molecule has 40 heavy (non-hydrogen) atoms. The van der Waals surface area contributed by atoms with E-state index in [1.165, 1.54) is 0 Å². The van der Waals surface area contributed by atoms with Crippen molar-refractivity contribution in [3.63, 3.8) is 0 Å². The monoisotopic (exact) mass is 630 g/mol. The first-order valence-corrected chi connectivity index (χ1v) is 18.6. The minimum absolute atomic E-state index is 0.0639. The molecule has 0 bridgehead atoms. The Labute approximate surface area is 245 Å². The summed E-state index contributed by atoms with van der Waals surface area (Å²) < 4.78 is 24.6. The number of fused-ring (bicyclic) bond motifs is 1. The van der Waals surface area contributed by atoms with E-state index in [1.54, 1.807) is 18.6 Å². The van der Waals surface area contributed by atoms with Crippen molar-refractivity contribution < 1.29 is 18.9 Å². The molecule has 1 N–H and O–H groups in total. The number of hydrogen-bond donors (Lipinski definition) is 1. The van der Waals surface area contributed by atoms with Crippen molar-refractivity contribution in [2.75, 3.05) is 49.9 Å². The quantitative estimate of drug-likeness (QED) is 0.166. The molecule has 0 unspecified atom stereocenters. The zero-order valence-corrected chi connectivity index (χ0v) is 26.2. The van der Waals surface area contributed by atoms with Gasteiger partial charge in [-0.1, -0.05) is 0 Å². The third kappa shape index (κ3) is 8.24. The smallest absolute Gasteiger partial charge is 0.225 e. The highest BCUT2D eigenvalue weighted by atomic mass is 79.9. The third-order valence-electron chi connectivity index (χ3n) is 7.15. The number of aromatic nitrogens is 4. The second-order valence-electron chi connectivity index (χ2n) is 11.6. The summed E-state index contributed by atoms with van der Waals surface area (Å²) in [5, 5.41) is 4.30. The van der Waals surface area contributed by atoms with Crippen LogP contribution in [0.15, 0.2) is 35.2 Å². The van der Waals surface area contributed by atoms with Crippen molar-refractivity contribution >= 4 is 46.7 Å². The average Bonchev–Trinajstić information content (AvgIpc) is 2.95. The average molecular weight is 632 g/mol. The summed E-state index contributed by atoms with van der Waals surface area (Å²) in [6.45, 7) is 10.9. The molecule has 0 spiro atoms. The van der Waals surface area contributed by atoms with Crippen LogP contribution < -0.4 is 19.7 Å². The van der Waals surface area contributed by atoms with Crippen LogP contribution in [0.3, 0.4) is 0 Å². The Morgan fingerprint density at radius 3 is 2.50 bits per heavy atom. The SMILES string of the molecule is C[Si-](C)(C)CCOCOc1cnc2cc(N3CCOCC3)nc(OC3CCC(Nc4ncc(Br)cn4)CC3)c2c1. The van der Waals surface area contributed by atoms with Gasteiger partial charge in [0.15, 0.2) is 6.79 Å². The number of halogens is 1. The summed E-state index contributed by atoms with van der Waals surface area (Å²) in [6, 6.07) is 5.41. The van der Waals surface area contributed by atoms with Gasteiger partial charge in [-0.3, -0.25) is 4.98 Å². The van der Waals surface area contributed by atoms with Crippen LogP contribution in [-0.4, -0.2) is 79.9 Å². The lowest BCUT2D eigenvalue weighted by atomic mass is 9.93. The van der Waals surface area contributed by atoms with Gasteiger partial charge in [-0.25, -0.2) is 9.97 Å². The van der Waals surface area contributed by atoms with Gasteiger partial charge in [-0.15, -0.1) is 14.1 Å². The highest BCUT2D eigenvalue weighted by Crippen LogP contribution is 2.33. The predicted molar refractivity (Wildman–Crippen MR) is 162 cm³/mol. The fourth-order valence-corrected chi connectivity index (χ4v) is 5.75. The topological polar surface area (TPSA) is 104 Å². The van der Waals surface area contributed by atoms with Gasteiger partial charge < -0.3 is 29.2 Å². The number of hydrogen-bond acceptors (Lipinski definition) is 10. The van der Waals surface area contributed by atoms with E-state index in [-0.39, 0.29) is 12.9 Å². The molecule has 4 heterocycles. The van der Waals surface area contributed by atoms with E-state index in [0.29, 0.717) is 43.4 Å². The molecule has 5 rings (SSSR count). The fourth-order valence-electron chi connectivity index (χ4n) is 4.78. The number of nitrogens with one attached hydrogen (secondary N) is 1. The van der Waals surface area contributed by atoms with Crippen molar-refractivity contribution in [3.05, 3.63) is 35.2 Å². The zero-order chi connectivity index (χ0) is 28.0. The number of anilines is 2. The third-order valence-corrected chi connectivity index (χ3v) is 9.27. The van der Waals surface area contributed by atoms with Gasteiger partial charge in [0.05, 0.1) is 34.8 Å². The van der Waals surface area contributed by atoms with Gasteiger partial charge in [0.1, 0.15) is 17.7 Å². The van der Waals surface area contributed by atoms with Gasteiger partial charge in [-0.05, 0) is 47.7 Å². The van der Waals surface area contributed by atoms with Gasteiger partial charge in [0.2, 0.25) is 11.8 Å². The molecule has 2 aliphatic rings. The molecule has 0 aromatic carbocycles. The lowest BCUT2D eigenvalue weighted by Crippen LogP contribution is -2.37. The number of ether oxygens (including phenoxy) is 4. The molecular formula is C28H39BrN6O4Si-. The summed E-state index contributed by atoms with van der Waals surface area (Å²) in [5.74, 6) is 2.77. The lowest BCUT2D eigenvalue weighted by molar-refractivity contribution is 0.0219. The molecule has 3 aromatic rings. The van der Waals surface area contributed by atoms with Crippen LogP contribution in [0, 0.1) is 0 Å². The van der Waals surface area contributed by atoms with E-state index >= 15 is 0 Å². The molecule has 0 radical (unpaired) electrons. The van der Waals surface area contributed by atoms with Crippen molar-refractivity contribution in [2.45, 2.75) is 63.5 Å². The lowest BCUT2D eigenvalue weighted by Gasteiger charge is -2.31. The van der Waals surface area contributed by atoms with Crippen LogP contribution in [-0.2, 0) is 9.47 Å². The first-order chi connectivity index (χ1) is 19.3. The molecule has 1 saturated carbocycles. The molecule has 1 saturated heterocycles. The molecule has 10 nitrogen and oxygen atoms in total. The largest absolute Gasteiger partial charge is 0.474 e. The Morgan fingerprint density at radius 2 is 1.77 bits per heavy atom. The highest BCUT2D eigenvalue weighted by molar-refractivity contribution is 9.10. The first-order valence-electron chi connectivity index (χ1n) is 14.1. The van der Waals surface area contributed by atoms with Crippen molar-refractivity contribution in [1.82, 2.24) is 19.9 Å². The molecule has 3 aromatic heterocycles. The van der Waals surface area contributed by atoms with E-state index in [9.17, 15) is 0 Å². The van der Waals surface area contributed by atoms with Crippen LogP contribution in [0.25, 0.3) is 10.9 Å². The van der Waals surface area contributed by atoms with Crippen LogP contribution in [0.4, 0.5) is 11.8 Å². The molecule has 217 valence electrons. The Bertz CT molecular complexity index is 1250. The zero-order valence-electron chi connectivity index (χ0n) is 23.6. The molecule has 0 atom stereocenters. The van der Waals surface area contributed by atoms with Crippen LogP contribution in [0.5, 0.6) is 11.6 Å². The Kier molecular flexibility index (Phi) is 9.71. The maximum atomic E-state index is 6.59. The van der Waals surface area contributed by atoms with Crippen LogP contribution in [0.2, 0.25) is 25.7 Å². The molecule has 0 amide bonds. The minimum atomic E-state index is -1.14. The fraction of sp³-hybridized carbons (Fsp3) is 0.571. The second kappa shape index (κ2) is 13.4. The summed E-state index contributed by atoms with van der Waals surface area (Å²) in [7, 11) is -1.14. The van der Waals surface area contributed by atoms with E-state index in [4.69, 9.17) is 28.9 Å². The van der Waals surface area contributed by atoms with Gasteiger partial charge >= 0.3 is 0 Å². The number of pyridine rings is 2. The Balaban J connectivity index is 1.27. The maximum absolute atomic E-state index is 6.59. The molecule has 1 aliphatic carbocycles. The van der Waals surface area contributed by atoms with Crippen molar-refractivity contribution in [2.24, 2.45) is 0 Å². The van der Waals surface area contributed by atoms with Crippen molar-refractivity contribution in [1.29, 1.82) is 0 Å². The summed E-state index contributed by atoms with van der Waals surface area (Å²) in [4.78, 5) is 20.6. The second-order valence-corrected chi connectivity index (χ2v) is 18.1.